The summed E-state index contributed by atoms with van der Waals surface area (Å²) in [6.45, 7) is 4.67. The van der Waals surface area contributed by atoms with Crippen molar-refractivity contribution in [3.63, 3.8) is 0 Å². The normalized spacial score (nSPS) is 16.2. The van der Waals surface area contributed by atoms with Gasteiger partial charge in [-0.15, -0.1) is 11.8 Å². The van der Waals surface area contributed by atoms with E-state index < -0.39 is 0 Å². The van der Waals surface area contributed by atoms with Crippen LogP contribution in [-0.2, 0) is 14.3 Å². The molecule has 0 saturated carbocycles. The van der Waals surface area contributed by atoms with Crippen LogP contribution in [0.15, 0.2) is 35.2 Å². The number of thioether (sulfide) groups is 1. The average Bonchev–Trinajstić information content (AvgIpc) is 2.47. The van der Waals surface area contributed by atoms with Crippen LogP contribution >= 0.6 is 11.8 Å². The van der Waals surface area contributed by atoms with E-state index in [1.165, 1.54) is 11.8 Å². The third-order valence-corrected chi connectivity index (χ3v) is 3.86. The van der Waals surface area contributed by atoms with E-state index in [1.807, 2.05) is 30.3 Å². The summed E-state index contributed by atoms with van der Waals surface area (Å²) in [5.74, 6) is 0.217. The first-order valence-electron chi connectivity index (χ1n) is 6.48. The van der Waals surface area contributed by atoms with Gasteiger partial charge in [-0.3, -0.25) is 9.69 Å². The molecular weight excluding hydrogens is 262 g/mol. The number of morpholine rings is 1. The second-order valence-corrected chi connectivity index (χ2v) is 5.32. The Morgan fingerprint density at radius 1 is 1.26 bits per heavy atom. The molecule has 0 aromatic heterocycles. The molecule has 0 spiro atoms. The Morgan fingerprint density at radius 2 is 2.00 bits per heavy atom. The van der Waals surface area contributed by atoms with E-state index >= 15 is 0 Å². The van der Waals surface area contributed by atoms with Crippen LogP contribution in [0.3, 0.4) is 0 Å². The minimum absolute atomic E-state index is 0.151. The molecule has 0 unspecified atom stereocenters. The Bertz CT molecular complexity index is 380. The van der Waals surface area contributed by atoms with Gasteiger partial charge in [-0.1, -0.05) is 18.2 Å². The number of benzene rings is 1. The molecule has 1 aliphatic heterocycles. The molecule has 4 nitrogen and oxygen atoms in total. The van der Waals surface area contributed by atoms with Gasteiger partial charge in [0.15, 0.2) is 0 Å². The Labute approximate surface area is 118 Å². The van der Waals surface area contributed by atoms with E-state index in [4.69, 9.17) is 9.47 Å². The van der Waals surface area contributed by atoms with Gasteiger partial charge in [0.05, 0.1) is 19.0 Å². The van der Waals surface area contributed by atoms with Crippen molar-refractivity contribution in [3.05, 3.63) is 30.3 Å². The average molecular weight is 281 g/mol. The topological polar surface area (TPSA) is 38.8 Å². The molecule has 0 atom stereocenters. The predicted octanol–water partition coefficient (Wildman–Crippen LogP) is 1.65. The number of hydrogen-bond donors (Lipinski definition) is 0. The highest BCUT2D eigenvalue weighted by molar-refractivity contribution is 8.00. The van der Waals surface area contributed by atoms with Crippen molar-refractivity contribution >= 4 is 17.7 Å². The maximum absolute atomic E-state index is 11.6. The van der Waals surface area contributed by atoms with E-state index in [9.17, 15) is 4.79 Å². The van der Waals surface area contributed by atoms with E-state index in [2.05, 4.69) is 4.90 Å². The predicted molar refractivity (Wildman–Crippen MR) is 75.4 cm³/mol. The number of nitrogens with zero attached hydrogens (tertiary/aromatic N) is 1. The SMILES string of the molecule is O=C(CSc1ccccc1)OCCN1CCOCC1. The molecule has 1 aromatic rings. The van der Waals surface area contributed by atoms with Crippen LogP contribution in [0.5, 0.6) is 0 Å². The molecule has 1 fully saturated rings. The number of carbonyl (C=O) groups is 1. The number of esters is 1. The maximum atomic E-state index is 11.6. The second kappa shape index (κ2) is 8.19. The van der Waals surface area contributed by atoms with Crippen molar-refractivity contribution in [2.24, 2.45) is 0 Å². The van der Waals surface area contributed by atoms with Crippen molar-refractivity contribution in [1.82, 2.24) is 4.90 Å². The molecule has 104 valence electrons. The Morgan fingerprint density at radius 3 is 2.74 bits per heavy atom. The molecule has 1 aromatic carbocycles. The lowest BCUT2D eigenvalue weighted by atomic mass is 10.4. The smallest absolute Gasteiger partial charge is 0.316 e. The molecule has 1 aliphatic rings. The van der Waals surface area contributed by atoms with Crippen LogP contribution in [0, 0.1) is 0 Å². The minimum atomic E-state index is -0.151. The van der Waals surface area contributed by atoms with Gasteiger partial charge in [-0.25, -0.2) is 0 Å². The van der Waals surface area contributed by atoms with Crippen LogP contribution in [0.4, 0.5) is 0 Å². The van der Waals surface area contributed by atoms with Gasteiger partial charge < -0.3 is 9.47 Å². The van der Waals surface area contributed by atoms with Crippen molar-refractivity contribution in [2.75, 3.05) is 45.2 Å². The fourth-order valence-electron chi connectivity index (χ4n) is 1.81. The van der Waals surface area contributed by atoms with E-state index in [1.54, 1.807) is 0 Å². The number of ether oxygens (including phenoxy) is 2. The zero-order valence-corrected chi connectivity index (χ0v) is 11.7. The second-order valence-electron chi connectivity index (χ2n) is 4.28. The summed E-state index contributed by atoms with van der Waals surface area (Å²) < 4.78 is 10.5. The monoisotopic (exact) mass is 281 g/mol. The molecule has 5 heteroatoms. The standard InChI is InChI=1S/C14H19NO3S/c16-14(12-19-13-4-2-1-3-5-13)18-11-8-15-6-9-17-10-7-15/h1-5H,6-12H2. The Balaban J connectivity index is 1.57. The summed E-state index contributed by atoms with van der Waals surface area (Å²) in [4.78, 5) is 14.9. The van der Waals surface area contributed by atoms with Gasteiger partial charge >= 0.3 is 5.97 Å². The van der Waals surface area contributed by atoms with Crippen LogP contribution < -0.4 is 0 Å². The molecule has 0 N–H and O–H groups in total. The minimum Gasteiger partial charge on any atom is -0.464 e. The number of rotatable bonds is 6. The molecule has 1 heterocycles. The van der Waals surface area contributed by atoms with Crippen molar-refractivity contribution < 1.29 is 14.3 Å². The lowest BCUT2D eigenvalue weighted by Crippen LogP contribution is -2.38. The molecule has 0 aliphatic carbocycles. The van der Waals surface area contributed by atoms with E-state index in [0.717, 1.165) is 37.7 Å². The summed E-state index contributed by atoms with van der Waals surface area (Å²) in [5.41, 5.74) is 0. The van der Waals surface area contributed by atoms with Crippen molar-refractivity contribution in [1.29, 1.82) is 0 Å². The molecule has 0 bridgehead atoms. The van der Waals surface area contributed by atoms with Gasteiger partial charge in [0.25, 0.3) is 0 Å². The maximum Gasteiger partial charge on any atom is 0.316 e. The number of hydrogen-bond acceptors (Lipinski definition) is 5. The summed E-state index contributed by atoms with van der Waals surface area (Å²) >= 11 is 1.51. The zero-order valence-electron chi connectivity index (χ0n) is 10.9. The molecule has 19 heavy (non-hydrogen) atoms. The van der Waals surface area contributed by atoms with Crippen LogP contribution in [0.1, 0.15) is 0 Å². The van der Waals surface area contributed by atoms with Crippen LogP contribution in [0.25, 0.3) is 0 Å². The summed E-state index contributed by atoms with van der Waals surface area (Å²) in [5, 5.41) is 0. The molecular formula is C14H19NO3S. The summed E-state index contributed by atoms with van der Waals surface area (Å²) in [7, 11) is 0. The van der Waals surface area contributed by atoms with Gasteiger partial charge in [-0.2, -0.15) is 0 Å². The third kappa shape index (κ3) is 5.63. The largest absolute Gasteiger partial charge is 0.464 e. The quantitative estimate of drug-likeness (QED) is 0.585. The fourth-order valence-corrected chi connectivity index (χ4v) is 2.53. The van der Waals surface area contributed by atoms with Gasteiger partial charge in [0.1, 0.15) is 6.61 Å². The number of carbonyl (C=O) groups excluding carboxylic acids is 1. The van der Waals surface area contributed by atoms with Gasteiger partial charge in [-0.05, 0) is 12.1 Å². The Hall–Kier alpha value is -1.04. The van der Waals surface area contributed by atoms with Crippen LogP contribution in [-0.4, -0.2) is 56.1 Å². The van der Waals surface area contributed by atoms with Gasteiger partial charge in [0, 0.05) is 24.5 Å². The lowest BCUT2D eigenvalue weighted by Gasteiger charge is -2.26. The van der Waals surface area contributed by atoms with Gasteiger partial charge in [0.2, 0.25) is 0 Å². The molecule has 0 amide bonds. The van der Waals surface area contributed by atoms with Crippen LogP contribution in [0.2, 0.25) is 0 Å². The first-order chi connectivity index (χ1) is 9.34. The van der Waals surface area contributed by atoms with E-state index in [0.29, 0.717) is 12.4 Å². The highest BCUT2D eigenvalue weighted by Crippen LogP contribution is 2.16. The first kappa shape index (κ1) is 14.4. The highest BCUT2D eigenvalue weighted by Gasteiger charge is 2.11. The highest BCUT2D eigenvalue weighted by atomic mass is 32.2. The molecule has 1 saturated heterocycles. The summed E-state index contributed by atoms with van der Waals surface area (Å²) in [6.07, 6.45) is 0. The fraction of sp³-hybridized carbons (Fsp3) is 0.500. The molecule has 0 radical (unpaired) electrons. The van der Waals surface area contributed by atoms with E-state index in [-0.39, 0.29) is 5.97 Å². The van der Waals surface area contributed by atoms with Crippen molar-refractivity contribution in [3.8, 4) is 0 Å². The summed E-state index contributed by atoms with van der Waals surface area (Å²) in [6, 6.07) is 9.88. The zero-order chi connectivity index (χ0) is 13.3. The lowest BCUT2D eigenvalue weighted by molar-refractivity contribution is -0.141. The third-order valence-electron chi connectivity index (χ3n) is 2.87. The first-order valence-corrected chi connectivity index (χ1v) is 7.47. The molecule has 2 rings (SSSR count). The van der Waals surface area contributed by atoms with Crippen molar-refractivity contribution in [2.45, 2.75) is 4.90 Å². The Kier molecular flexibility index (Phi) is 6.20.